The molecule has 3 heteroatoms. The second kappa shape index (κ2) is 4.10. The van der Waals surface area contributed by atoms with Crippen LogP contribution in [0.15, 0.2) is 77.7 Å². The van der Waals surface area contributed by atoms with Crippen molar-refractivity contribution in [3.63, 3.8) is 0 Å². The maximum Gasteiger partial charge on any atom is 0.279 e. The summed E-state index contributed by atoms with van der Waals surface area (Å²) in [5.41, 5.74) is 3.51. The zero-order chi connectivity index (χ0) is 13.5. The fourth-order valence-corrected chi connectivity index (χ4v) is 2.68. The van der Waals surface area contributed by atoms with Gasteiger partial charge >= 0.3 is 0 Å². The van der Waals surface area contributed by atoms with Gasteiger partial charge in [0, 0.05) is 11.9 Å². The Bertz CT molecular complexity index is 965. The molecule has 2 aromatic heterocycles. The summed E-state index contributed by atoms with van der Waals surface area (Å²) in [4.78, 5) is 12.7. The van der Waals surface area contributed by atoms with Crippen LogP contribution in [0.2, 0.25) is 0 Å². The first kappa shape index (κ1) is 11.1. The van der Waals surface area contributed by atoms with Gasteiger partial charge in [0.15, 0.2) is 0 Å². The van der Waals surface area contributed by atoms with Crippen molar-refractivity contribution in [1.29, 1.82) is 0 Å². The Morgan fingerprint density at radius 2 is 1.30 bits per heavy atom. The Kier molecular flexibility index (Phi) is 2.27. The van der Waals surface area contributed by atoms with Gasteiger partial charge in [-0.05, 0) is 36.4 Å². The molecule has 20 heavy (non-hydrogen) atoms. The van der Waals surface area contributed by atoms with Crippen LogP contribution >= 0.6 is 0 Å². The molecule has 0 aliphatic heterocycles. The quantitative estimate of drug-likeness (QED) is 0.516. The molecule has 0 saturated heterocycles. The maximum atomic E-state index is 12.7. The molecule has 0 unspecified atom stereocenters. The summed E-state index contributed by atoms with van der Waals surface area (Å²) in [5.74, 6) is 0. The summed E-state index contributed by atoms with van der Waals surface area (Å²) >= 11 is 0. The highest BCUT2D eigenvalue weighted by atomic mass is 16.1. The molecule has 0 spiro atoms. The van der Waals surface area contributed by atoms with E-state index in [2.05, 4.69) is 0 Å². The molecule has 3 nitrogen and oxygen atoms in total. The molecule has 0 amide bonds. The molecule has 2 heterocycles. The lowest BCUT2D eigenvalue weighted by Gasteiger charge is -2.12. The van der Waals surface area contributed by atoms with Crippen LogP contribution in [0.1, 0.15) is 0 Å². The van der Waals surface area contributed by atoms with E-state index in [0.29, 0.717) is 5.52 Å². The summed E-state index contributed by atoms with van der Waals surface area (Å²) in [5, 5.41) is 0. The predicted molar refractivity (Wildman–Crippen MR) is 80.5 cm³/mol. The van der Waals surface area contributed by atoms with Crippen molar-refractivity contribution >= 4 is 16.6 Å². The third-order valence-corrected chi connectivity index (χ3v) is 3.57. The van der Waals surface area contributed by atoms with Gasteiger partial charge in [-0.1, -0.05) is 30.3 Å². The monoisotopic (exact) mass is 260 g/mol. The lowest BCUT2D eigenvalue weighted by atomic mass is 10.2. The van der Waals surface area contributed by atoms with Crippen LogP contribution in [0.5, 0.6) is 0 Å². The average molecular weight is 260 g/mol. The normalized spacial score (nSPS) is 11.2. The maximum absolute atomic E-state index is 12.7. The Morgan fingerprint density at radius 1 is 0.650 bits per heavy atom. The molecular weight excluding hydrogens is 248 g/mol. The first-order valence-corrected chi connectivity index (χ1v) is 6.52. The van der Waals surface area contributed by atoms with E-state index >= 15 is 0 Å². The SMILES string of the molecule is O=c1c2cccn2c2ccccc2n1-c1ccccc1. The van der Waals surface area contributed by atoms with Crippen molar-refractivity contribution in [1.82, 2.24) is 8.97 Å². The number of aromatic nitrogens is 2. The number of para-hydroxylation sites is 3. The summed E-state index contributed by atoms with van der Waals surface area (Å²) in [6.45, 7) is 0. The second-order valence-corrected chi connectivity index (χ2v) is 4.73. The lowest BCUT2D eigenvalue weighted by Crippen LogP contribution is -2.20. The van der Waals surface area contributed by atoms with Gasteiger partial charge in [-0.25, -0.2) is 0 Å². The highest BCUT2D eigenvalue weighted by Gasteiger charge is 2.10. The smallest absolute Gasteiger partial charge is 0.279 e. The summed E-state index contributed by atoms with van der Waals surface area (Å²) in [6, 6.07) is 21.4. The fourth-order valence-electron chi connectivity index (χ4n) is 2.68. The molecule has 96 valence electrons. The second-order valence-electron chi connectivity index (χ2n) is 4.73. The van der Waals surface area contributed by atoms with Crippen LogP contribution in [0.3, 0.4) is 0 Å². The Hall–Kier alpha value is -2.81. The van der Waals surface area contributed by atoms with Crippen LogP contribution in [0, 0.1) is 0 Å². The summed E-state index contributed by atoms with van der Waals surface area (Å²) < 4.78 is 3.71. The number of benzene rings is 2. The molecule has 0 aliphatic carbocycles. The zero-order valence-corrected chi connectivity index (χ0v) is 10.7. The Morgan fingerprint density at radius 3 is 2.10 bits per heavy atom. The largest absolute Gasteiger partial charge is 0.310 e. The van der Waals surface area contributed by atoms with Crippen molar-refractivity contribution in [2.45, 2.75) is 0 Å². The molecule has 0 aliphatic rings. The third-order valence-electron chi connectivity index (χ3n) is 3.57. The molecule has 4 aromatic rings. The lowest BCUT2D eigenvalue weighted by molar-refractivity contribution is 1.02. The molecule has 0 fully saturated rings. The van der Waals surface area contributed by atoms with E-state index in [-0.39, 0.29) is 5.56 Å². The van der Waals surface area contributed by atoms with Crippen molar-refractivity contribution in [3.8, 4) is 5.69 Å². The summed E-state index contributed by atoms with van der Waals surface area (Å²) in [7, 11) is 0. The molecule has 0 saturated carbocycles. The molecule has 0 radical (unpaired) electrons. The first-order valence-electron chi connectivity index (χ1n) is 6.52. The van der Waals surface area contributed by atoms with Gasteiger partial charge in [0.05, 0.1) is 11.0 Å². The van der Waals surface area contributed by atoms with E-state index in [1.807, 2.05) is 77.3 Å². The average Bonchev–Trinajstić information content (AvgIpc) is 2.99. The highest BCUT2D eigenvalue weighted by Crippen LogP contribution is 2.18. The fraction of sp³-hybridized carbons (Fsp3) is 0. The van der Waals surface area contributed by atoms with Gasteiger partial charge in [0.1, 0.15) is 5.52 Å². The number of nitrogens with zero attached hydrogens (tertiary/aromatic N) is 2. The minimum Gasteiger partial charge on any atom is -0.310 e. The Labute approximate surface area is 115 Å². The summed E-state index contributed by atoms with van der Waals surface area (Å²) in [6.07, 6.45) is 1.92. The van der Waals surface area contributed by atoms with Crippen LogP contribution in [0.25, 0.3) is 22.2 Å². The van der Waals surface area contributed by atoms with E-state index in [0.717, 1.165) is 16.7 Å². The van der Waals surface area contributed by atoms with E-state index in [4.69, 9.17) is 0 Å². The van der Waals surface area contributed by atoms with Gasteiger partial charge in [-0.15, -0.1) is 0 Å². The van der Waals surface area contributed by atoms with Crippen molar-refractivity contribution in [2.24, 2.45) is 0 Å². The molecule has 0 atom stereocenters. The minimum absolute atomic E-state index is 0.0000926. The standard InChI is InChI=1S/C17H12N2O/c20-17-16-11-6-12-18(16)14-9-4-5-10-15(14)19(17)13-7-2-1-3-8-13/h1-12H. The van der Waals surface area contributed by atoms with Gasteiger partial charge in [-0.2, -0.15) is 0 Å². The molecule has 0 N–H and O–H groups in total. The number of rotatable bonds is 1. The van der Waals surface area contributed by atoms with Crippen molar-refractivity contribution in [3.05, 3.63) is 83.3 Å². The molecular formula is C17H12N2O. The third kappa shape index (κ3) is 1.43. The van der Waals surface area contributed by atoms with Gasteiger partial charge in [0.2, 0.25) is 0 Å². The molecule has 4 rings (SSSR count). The van der Waals surface area contributed by atoms with E-state index < -0.39 is 0 Å². The van der Waals surface area contributed by atoms with E-state index in [9.17, 15) is 4.79 Å². The highest BCUT2D eigenvalue weighted by molar-refractivity contribution is 5.80. The minimum atomic E-state index is -0.0000926. The van der Waals surface area contributed by atoms with Gasteiger partial charge in [-0.3, -0.25) is 9.36 Å². The number of hydrogen-bond donors (Lipinski definition) is 0. The van der Waals surface area contributed by atoms with E-state index in [1.54, 1.807) is 4.57 Å². The van der Waals surface area contributed by atoms with Gasteiger partial charge in [0.25, 0.3) is 5.56 Å². The van der Waals surface area contributed by atoms with Gasteiger partial charge < -0.3 is 4.40 Å². The van der Waals surface area contributed by atoms with Crippen LogP contribution < -0.4 is 5.56 Å². The zero-order valence-electron chi connectivity index (χ0n) is 10.7. The van der Waals surface area contributed by atoms with E-state index in [1.165, 1.54) is 0 Å². The Balaban J connectivity index is 2.28. The van der Waals surface area contributed by atoms with Crippen LogP contribution in [-0.4, -0.2) is 8.97 Å². The van der Waals surface area contributed by atoms with Crippen LogP contribution in [0.4, 0.5) is 0 Å². The van der Waals surface area contributed by atoms with Crippen molar-refractivity contribution < 1.29 is 0 Å². The number of fused-ring (bicyclic) bond motifs is 3. The van der Waals surface area contributed by atoms with Crippen LogP contribution in [-0.2, 0) is 0 Å². The number of hydrogen-bond acceptors (Lipinski definition) is 1. The molecule has 0 bridgehead atoms. The topological polar surface area (TPSA) is 26.4 Å². The molecule has 2 aromatic carbocycles. The predicted octanol–water partition coefficient (Wildman–Crippen LogP) is 3.24. The first-order chi connectivity index (χ1) is 9.86. The van der Waals surface area contributed by atoms with Crippen molar-refractivity contribution in [2.75, 3.05) is 0 Å².